The molecule has 1 N–H and O–H groups in total. The molecule has 2 aromatic heterocycles. The molecule has 0 atom stereocenters. The Morgan fingerprint density at radius 1 is 1.11 bits per heavy atom. The maximum atomic E-state index is 13.2. The fraction of sp³-hybridized carbons (Fsp3) is 0.0952. The minimum atomic E-state index is -0.312. The van der Waals surface area contributed by atoms with Crippen LogP contribution in [0.25, 0.3) is 16.9 Å². The summed E-state index contributed by atoms with van der Waals surface area (Å²) in [6.07, 6.45) is 1.63. The molecule has 0 aliphatic heterocycles. The van der Waals surface area contributed by atoms with Gasteiger partial charge in [-0.3, -0.25) is 4.79 Å². The quantitative estimate of drug-likeness (QED) is 0.579. The zero-order valence-corrected chi connectivity index (χ0v) is 15.1. The van der Waals surface area contributed by atoms with Gasteiger partial charge in [-0.25, -0.2) is 13.9 Å². The first-order chi connectivity index (χ1) is 13.6. The Kier molecular flexibility index (Phi) is 4.72. The molecule has 0 radical (unpaired) electrons. The Labute approximate surface area is 160 Å². The van der Waals surface area contributed by atoms with Crippen molar-refractivity contribution in [1.82, 2.24) is 19.9 Å². The van der Waals surface area contributed by atoms with E-state index in [0.717, 1.165) is 22.6 Å². The second kappa shape index (κ2) is 7.48. The molecule has 28 heavy (non-hydrogen) atoms. The Bertz CT molecular complexity index is 1120. The number of nitrogens with zero attached hydrogens (tertiary/aromatic N) is 3. The lowest BCUT2D eigenvalue weighted by atomic mass is 10.1. The Morgan fingerprint density at radius 3 is 2.57 bits per heavy atom. The highest BCUT2D eigenvalue weighted by Gasteiger charge is 2.14. The van der Waals surface area contributed by atoms with E-state index in [-0.39, 0.29) is 17.4 Å². The van der Waals surface area contributed by atoms with Gasteiger partial charge in [0.15, 0.2) is 11.3 Å². The summed E-state index contributed by atoms with van der Waals surface area (Å²) in [7, 11) is 1.61. The number of hydrogen-bond donors (Lipinski definition) is 1. The average molecular weight is 376 g/mol. The predicted octanol–water partition coefficient (Wildman–Crippen LogP) is 3.47. The fourth-order valence-corrected chi connectivity index (χ4v) is 2.86. The molecule has 0 saturated carbocycles. The molecule has 4 aromatic rings. The maximum Gasteiger partial charge on any atom is 0.272 e. The number of carbonyl (C=O) groups is 1. The molecule has 140 valence electrons. The molecule has 6 nitrogen and oxygen atoms in total. The highest BCUT2D eigenvalue weighted by atomic mass is 19.1. The first kappa shape index (κ1) is 17.7. The second-order valence-electron chi connectivity index (χ2n) is 6.17. The molecule has 4 rings (SSSR count). The van der Waals surface area contributed by atoms with Crippen molar-refractivity contribution in [3.8, 4) is 17.0 Å². The minimum Gasteiger partial charge on any atom is -0.497 e. The Hall–Kier alpha value is -3.74. The maximum absolute atomic E-state index is 13.2. The third kappa shape index (κ3) is 3.55. The van der Waals surface area contributed by atoms with Gasteiger partial charge in [-0.1, -0.05) is 12.1 Å². The summed E-state index contributed by atoms with van der Waals surface area (Å²) >= 11 is 0. The van der Waals surface area contributed by atoms with Crippen LogP contribution in [-0.4, -0.2) is 27.6 Å². The minimum absolute atomic E-state index is 0.260. The van der Waals surface area contributed by atoms with E-state index in [0.29, 0.717) is 12.2 Å². The van der Waals surface area contributed by atoms with Crippen LogP contribution in [0.1, 0.15) is 16.1 Å². The lowest BCUT2D eigenvalue weighted by Gasteiger charge is -2.05. The number of amides is 1. The van der Waals surface area contributed by atoms with Gasteiger partial charge in [0, 0.05) is 24.4 Å². The number of hydrogen-bond acceptors (Lipinski definition) is 4. The summed E-state index contributed by atoms with van der Waals surface area (Å²) in [4.78, 5) is 16.8. The van der Waals surface area contributed by atoms with E-state index in [4.69, 9.17) is 4.74 Å². The highest BCUT2D eigenvalue weighted by Crippen LogP contribution is 2.20. The van der Waals surface area contributed by atoms with Crippen molar-refractivity contribution in [3.05, 3.63) is 83.9 Å². The third-order valence-corrected chi connectivity index (χ3v) is 4.34. The van der Waals surface area contributed by atoms with Crippen molar-refractivity contribution in [3.63, 3.8) is 0 Å². The van der Waals surface area contributed by atoms with Gasteiger partial charge in [-0.2, -0.15) is 5.10 Å². The predicted molar refractivity (Wildman–Crippen MR) is 103 cm³/mol. The summed E-state index contributed by atoms with van der Waals surface area (Å²) in [5, 5.41) is 7.23. The lowest BCUT2D eigenvalue weighted by Crippen LogP contribution is -2.23. The third-order valence-electron chi connectivity index (χ3n) is 4.34. The first-order valence-corrected chi connectivity index (χ1v) is 8.66. The molecule has 0 fully saturated rings. The number of ether oxygens (including phenoxy) is 1. The monoisotopic (exact) mass is 376 g/mol. The van der Waals surface area contributed by atoms with E-state index in [1.165, 1.54) is 12.1 Å². The Balaban J connectivity index is 1.56. The van der Waals surface area contributed by atoms with Gasteiger partial charge in [-0.05, 0) is 48.0 Å². The van der Waals surface area contributed by atoms with Crippen LogP contribution in [0, 0.1) is 5.82 Å². The number of fused-ring (bicyclic) bond motifs is 1. The summed E-state index contributed by atoms with van der Waals surface area (Å²) in [6.45, 7) is 0.370. The van der Waals surface area contributed by atoms with Crippen molar-refractivity contribution in [2.45, 2.75) is 6.54 Å². The van der Waals surface area contributed by atoms with Gasteiger partial charge < -0.3 is 10.1 Å². The van der Waals surface area contributed by atoms with Crippen LogP contribution in [0.2, 0.25) is 0 Å². The summed E-state index contributed by atoms with van der Waals surface area (Å²) in [5.74, 6) is 0.148. The second-order valence-corrected chi connectivity index (χ2v) is 6.17. The smallest absolute Gasteiger partial charge is 0.272 e. The summed E-state index contributed by atoms with van der Waals surface area (Å²) in [6, 6.07) is 16.9. The molecule has 0 saturated heterocycles. The molecule has 0 spiro atoms. The van der Waals surface area contributed by atoms with Crippen molar-refractivity contribution in [2.75, 3.05) is 7.11 Å². The van der Waals surface area contributed by atoms with Crippen molar-refractivity contribution in [1.29, 1.82) is 0 Å². The molecule has 0 bridgehead atoms. The van der Waals surface area contributed by atoms with E-state index in [1.54, 1.807) is 42.1 Å². The summed E-state index contributed by atoms with van der Waals surface area (Å²) < 4.78 is 19.9. The summed E-state index contributed by atoms with van der Waals surface area (Å²) in [5.41, 5.74) is 3.25. The van der Waals surface area contributed by atoms with Gasteiger partial charge in [0.1, 0.15) is 11.6 Å². The lowest BCUT2D eigenvalue weighted by molar-refractivity contribution is 0.0945. The van der Waals surface area contributed by atoms with Crippen LogP contribution >= 0.6 is 0 Å². The van der Waals surface area contributed by atoms with Crippen LogP contribution in [-0.2, 0) is 6.54 Å². The molecule has 2 heterocycles. The largest absolute Gasteiger partial charge is 0.497 e. The molecular formula is C21H17FN4O2. The zero-order chi connectivity index (χ0) is 19.5. The average Bonchev–Trinajstić information content (AvgIpc) is 3.17. The van der Waals surface area contributed by atoms with Gasteiger partial charge in [0.2, 0.25) is 0 Å². The normalized spacial score (nSPS) is 10.8. The van der Waals surface area contributed by atoms with Gasteiger partial charge >= 0.3 is 0 Å². The van der Waals surface area contributed by atoms with Crippen LogP contribution in [0.3, 0.4) is 0 Å². The molecule has 0 aliphatic carbocycles. The number of methoxy groups -OCH3 is 1. The van der Waals surface area contributed by atoms with Gasteiger partial charge in [0.25, 0.3) is 5.91 Å². The van der Waals surface area contributed by atoms with Crippen molar-refractivity contribution < 1.29 is 13.9 Å². The zero-order valence-electron chi connectivity index (χ0n) is 15.1. The van der Waals surface area contributed by atoms with E-state index >= 15 is 0 Å². The number of nitrogens with one attached hydrogen (secondary N) is 1. The van der Waals surface area contributed by atoms with E-state index in [1.807, 2.05) is 24.3 Å². The molecular weight excluding hydrogens is 359 g/mol. The first-order valence-electron chi connectivity index (χ1n) is 8.66. The number of halogens is 1. The van der Waals surface area contributed by atoms with Crippen molar-refractivity contribution >= 4 is 11.6 Å². The molecule has 7 heteroatoms. The number of rotatable bonds is 5. The SMILES string of the molecule is COc1ccc(CNC(=O)c2cc3nccc(-c4ccc(F)cc4)n3n2)cc1. The van der Waals surface area contributed by atoms with Gasteiger partial charge in [0.05, 0.1) is 12.8 Å². The van der Waals surface area contributed by atoms with Crippen LogP contribution in [0.15, 0.2) is 66.9 Å². The number of carbonyl (C=O) groups excluding carboxylic acids is 1. The molecule has 0 aliphatic rings. The van der Waals surface area contributed by atoms with Crippen LogP contribution in [0.4, 0.5) is 4.39 Å². The molecule has 2 aromatic carbocycles. The number of benzene rings is 2. The standard InChI is InChI=1S/C21H17FN4O2/c1-28-17-8-2-14(3-9-17)13-24-21(27)18-12-20-23-11-10-19(26(20)25-18)15-4-6-16(22)7-5-15/h2-12H,13H2,1H3,(H,24,27). The van der Waals surface area contributed by atoms with Gasteiger partial charge in [-0.15, -0.1) is 0 Å². The molecule has 1 amide bonds. The topological polar surface area (TPSA) is 68.5 Å². The van der Waals surface area contributed by atoms with E-state index in [9.17, 15) is 9.18 Å². The van der Waals surface area contributed by atoms with Crippen LogP contribution in [0.5, 0.6) is 5.75 Å². The van der Waals surface area contributed by atoms with E-state index < -0.39 is 0 Å². The van der Waals surface area contributed by atoms with E-state index in [2.05, 4.69) is 15.4 Å². The molecule has 0 unspecified atom stereocenters. The Morgan fingerprint density at radius 2 is 1.86 bits per heavy atom. The highest BCUT2D eigenvalue weighted by molar-refractivity contribution is 5.93. The fourth-order valence-electron chi connectivity index (χ4n) is 2.86. The van der Waals surface area contributed by atoms with Crippen molar-refractivity contribution in [2.24, 2.45) is 0 Å². The van der Waals surface area contributed by atoms with Crippen LogP contribution < -0.4 is 10.1 Å². The number of aromatic nitrogens is 3.